The molecule has 6 heteroatoms. The monoisotopic (exact) mass is 882 g/mol. The van der Waals surface area contributed by atoms with Crippen LogP contribution in [0.1, 0.15) is 0 Å². The SMILES string of the molecule is c1ccc(-c2ccc3c(c2)c2ccccc2n3-c2cccc3c2oc2c(-c4ccc5c(c4)oc4cccc(-c6cccc(-c7nc(-c8ccccc8)nc(-c8ccccc8)n7)c6)c45)cccc23)cc1. The molecule has 0 aliphatic rings. The Labute approximate surface area is 396 Å². The summed E-state index contributed by atoms with van der Waals surface area (Å²) >= 11 is 0. The van der Waals surface area contributed by atoms with Gasteiger partial charge in [0.2, 0.25) is 0 Å². The molecule has 0 aliphatic carbocycles. The Morgan fingerprint density at radius 2 is 0.841 bits per heavy atom. The van der Waals surface area contributed by atoms with Crippen molar-refractivity contribution in [2.75, 3.05) is 0 Å². The molecule has 4 heterocycles. The van der Waals surface area contributed by atoms with Gasteiger partial charge in [-0.1, -0.05) is 182 Å². The molecule has 0 spiro atoms. The highest BCUT2D eigenvalue weighted by Gasteiger charge is 2.21. The molecule has 0 bridgehead atoms. The van der Waals surface area contributed by atoms with Crippen LogP contribution >= 0.6 is 0 Å². The van der Waals surface area contributed by atoms with Crippen LogP contribution in [0.4, 0.5) is 0 Å². The Morgan fingerprint density at radius 1 is 0.290 bits per heavy atom. The summed E-state index contributed by atoms with van der Waals surface area (Å²) in [7, 11) is 0. The van der Waals surface area contributed by atoms with Gasteiger partial charge in [0.1, 0.15) is 16.7 Å². The molecule has 0 saturated carbocycles. The average molecular weight is 883 g/mol. The van der Waals surface area contributed by atoms with Gasteiger partial charge in [-0.05, 0) is 76.3 Å². The highest BCUT2D eigenvalue weighted by atomic mass is 16.3. The molecule has 322 valence electrons. The Hall–Kier alpha value is -9.39. The zero-order valence-electron chi connectivity index (χ0n) is 37.0. The Morgan fingerprint density at radius 3 is 1.61 bits per heavy atom. The molecule has 0 N–H and O–H groups in total. The zero-order chi connectivity index (χ0) is 45.4. The molecule has 0 aliphatic heterocycles. The molecule has 0 unspecified atom stereocenters. The number of fused-ring (bicyclic) bond motifs is 9. The first-order valence-corrected chi connectivity index (χ1v) is 23.2. The lowest BCUT2D eigenvalue weighted by atomic mass is 9.96. The summed E-state index contributed by atoms with van der Waals surface area (Å²) in [5, 5.41) is 6.62. The number of furan rings is 2. The number of nitrogens with zero attached hydrogens (tertiary/aromatic N) is 4. The van der Waals surface area contributed by atoms with Gasteiger partial charge in [-0.3, -0.25) is 0 Å². The molecule has 0 saturated heterocycles. The van der Waals surface area contributed by atoms with E-state index in [0.29, 0.717) is 17.5 Å². The third-order valence-electron chi connectivity index (χ3n) is 13.5. The third-order valence-corrected chi connectivity index (χ3v) is 13.5. The lowest BCUT2D eigenvalue weighted by molar-refractivity contribution is 0.667. The van der Waals surface area contributed by atoms with E-state index in [1.807, 2.05) is 66.7 Å². The fraction of sp³-hybridized carbons (Fsp3) is 0. The molecular formula is C63H38N4O2. The van der Waals surface area contributed by atoms with Crippen LogP contribution in [0.3, 0.4) is 0 Å². The maximum Gasteiger partial charge on any atom is 0.164 e. The van der Waals surface area contributed by atoms with Gasteiger partial charge in [0, 0.05) is 54.6 Å². The minimum atomic E-state index is 0.609. The van der Waals surface area contributed by atoms with Crippen LogP contribution in [0.2, 0.25) is 0 Å². The summed E-state index contributed by atoms with van der Waals surface area (Å²) in [6.07, 6.45) is 0. The molecule has 6 nitrogen and oxygen atoms in total. The van der Waals surface area contributed by atoms with Crippen molar-refractivity contribution < 1.29 is 8.83 Å². The second kappa shape index (κ2) is 15.6. The van der Waals surface area contributed by atoms with E-state index in [0.717, 1.165) is 99.5 Å². The van der Waals surface area contributed by atoms with Crippen LogP contribution in [0.15, 0.2) is 239 Å². The Balaban J connectivity index is 0.871. The van der Waals surface area contributed by atoms with Crippen molar-refractivity contribution in [2.24, 2.45) is 0 Å². The molecule has 0 amide bonds. The lowest BCUT2D eigenvalue weighted by Gasteiger charge is -2.10. The predicted molar refractivity (Wildman–Crippen MR) is 281 cm³/mol. The van der Waals surface area contributed by atoms with Crippen LogP contribution in [-0.2, 0) is 0 Å². The lowest BCUT2D eigenvalue weighted by Crippen LogP contribution is -2.00. The second-order valence-electron chi connectivity index (χ2n) is 17.5. The fourth-order valence-electron chi connectivity index (χ4n) is 10.2. The molecule has 0 radical (unpaired) electrons. The summed E-state index contributed by atoms with van der Waals surface area (Å²) in [5.41, 5.74) is 15.8. The van der Waals surface area contributed by atoms with Crippen molar-refractivity contribution in [3.8, 4) is 73.2 Å². The average Bonchev–Trinajstić information content (AvgIpc) is 4.11. The maximum atomic E-state index is 7.08. The smallest absolute Gasteiger partial charge is 0.164 e. The van der Waals surface area contributed by atoms with Crippen molar-refractivity contribution in [2.45, 2.75) is 0 Å². The zero-order valence-corrected chi connectivity index (χ0v) is 37.0. The number of benzene rings is 10. The topological polar surface area (TPSA) is 69.9 Å². The summed E-state index contributed by atoms with van der Waals surface area (Å²) in [4.78, 5) is 14.9. The predicted octanol–water partition coefficient (Wildman–Crippen LogP) is 16.8. The first kappa shape index (κ1) is 38.8. The highest BCUT2D eigenvalue weighted by Crippen LogP contribution is 2.44. The van der Waals surface area contributed by atoms with Crippen LogP contribution in [0.25, 0.3) is 139 Å². The van der Waals surface area contributed by atoms with E-state index in [2.05, 4.69) is 168 Å². The number of para-hydroxylation sites is 3. The van der Waals surface area contributed by atoms with Crippen LogP contribution < -0.4 is 0 Å². The van der Waals surface area contributed by atoms with Crippen LogP contribution in [0, 0.1) is 0 Å². The van der Waals surface area contributed by atoms with Crippen molar-refractivity contribution in [3.05, 3.63) is 231 Å². The molecule has 0 atom stereocenters. The van der Waals surface area contributed by atoms with Gasteiger partial charge in [-0.15, -0.1) is 0 Å². The normalized spacial score (nSPS) is 11.8. The molecule has 0 fully saturated rings. The van der Waals surface area contributed by atoms with Crippen molar-refractivity contribution in [1.29, 1.82) is 0 Å². The molecule has 14 rings (SSSR count). The maximum absolute atomic E-state index is 7.08. The molecule has 69 heavy (non-hydrogen) atoms. The van der Waals surface area contributed by atoms with Gasteiger partial charge in [-0.2, -0.15) is 0 Å². The van der Waals surface area contributed by atoms with Crippen LogP contribution in [0.5, 0.6) is 0 Å². The first-order chi connectivity index (χ1) is 34.2. The second-order valence-corrected chi connectivity index (χ2v) is 17.5. The fourth-order valence-corrected chi connectivity index (χ4v) is 10.2. The summed E-state index contributed by atoms with van der Waals surface area (Å²) < 4.78 is 16.1. The summed E-state index contributed by atoms with van der Waals surface area (Å²) in [6.45, 7) is 0. The minimum absolute atomic E-state index is 0.609. The van der Waals surface area contributed by atoms with Gasteiger partial charge >= 0.3 is 0 Å². The van der Waals surface area contributed by atoms with E-state index >= 15 is 0 Å². The van der Waals surface area contributed by atoms with Gasteiger partial charge in [0.05, 0.1) is 16.7 Å². The third kappa shape index (κ3) is 6.38. The Bertz CT molecular complexity index is 4250. The van der Waals surface area contributed by atoms with E-state index < -0.39 is 0 Å². The first-order valence-electron chi connectivity index (χ1n) is 23.2. The van der Waals surface area contributed by atoms with Crippen LogP contribution in [-0.4, -0.2) is 19.5 Å². The van der Waals surface area contributed by atoms with Gasteiger partial charge in [0.25, 0.3) is 0 Å². The van der Waals surface area contributed by atoms with Crippen molar-refractivity contribution >= 4 is 65.7 Å². The van der Waals surface area contributed by atoms with Gasteiger partial charge in [0.15, 0.2) is 23.1 Å². The summed E-state index contributed by atoms with van der Waals surface area (Å²) in [5.74, 6) is 1.87. The Kier molecular flexibility index (Phi) is 8.79. The summed E-state index contributed by atoms with van der Waals surface area (Å²) in [6, 6.07) is 80.3. The number of hydrogen-bond acceptors (Lipinski definition) is 5. The standard InChI is InChI=1S/C63H38N4O2/c1-4-16-39(17-5-1)42-33-35-54-52(37-42)48-24-10-11-29-53(48)67(54)55-30-14-28-50-49-27-13-26-47(59(49)69-60(50)55)44-32-34-51-57(38-44)68-56-31-15-25-46(58(51)56)43-22-12-23-45(36-43)63-65-61(40-18-6-2-7-19-40)64-62(66-63)41-20-8-3-9-21-41/h1-38H. The van der Waals surface area contributed by atoms with E-state index in [4.69, 9.17) is 23.8 Å². The van der Waals surface area contributed by atoms with Crippen molar-refractivity contribution in [3.63, 3.8) is 0 Å². The van der Waals surface area contributed by atoms with E-state index in [9.17, 15) is 0 Å². The molecule has 10 aromatic carbocycles. The largest absolute Gasteiger partial charge is 0.456 e. The quantitative estimate of drug-likeness (QED) is 0.159. The molecular weight excluding hydrogens is 845 g/mol. The number of rotatable bonds is 7. The van der Waals surface area contributed by atoms with E-state index in [-0.39, 0.29) is 0 Å². The minimum Gasteiger partial charge on any atom is -0.456 e. The molecule has 14 aromatic rings. The van der Waals surface area contributed by atoms with Gasteiger partial charge < -0.3 is 13.4 Å². The number of aromatic nitrogens is 4. The van der Waals surface area contributed by atoms with E-state index in [1.54, 1.807) is 0 Å². The van der Waals surface area contributed by atoms with E-state index in [1.165, 1.54) is 21.9 Å². The number of hydrogen-bond donors (Lipinski definition) is 0. The molecule has 4 aromatic heterocycles. The van der Waals surface area contributed by atoms with Gasteiger partial charge in [-0.25, -0.2) is 15.0 Å². The highest BCUT2D eigenvalue weighted by molar-refractivity contribution is 6.16. The van der Waals surface area contributed by atoms with Crippen molar-refractivity contribution in [1.82, 2.24) is 19.5 Å².